The summed E-state index contributed by atoms with van der Waals surface area (Å²) in [7, 11) is 1.58. The third-order valence-corrected chi connectivity index (χ3v) is 4.97. The number of benzene rings is 2. The molecule has 130 valence electrons. The van der Waals surface area contributed by atoms with Gasteiger partial charge < -0.3 is 10.0 Å². The van der Waals surface area contributed by atoms with Crippen molar-refractivity contribution in [2.24, 2.45) is 0 Å². The normalized spacial score (nSPS) is 19.4. The van der Waals surface area contributed by atoms with Crippen LogP contribution in [0.1, 0.15) is 47.7 Å². The van der Waals surface area contributed by atoms with Crippen molar-refractivity contribution in [3.63, 3.8) is 0 Å². The molecule has 1 aliphatic heterocycles. The third kappa shape index (κ3) is 2.96. The monoisotopic (exact) mass is 357 g/mol. The molecule has 3 rings (SSSR count). The van der Waals surface area contributed by atoms with Crippen molar-refractivity contribution in [3.8, 4) is 0 Å². The van der Waals surface area contributed by atoms with Gasteiger partial charge in [-0.25, -0.2) is 0 Å². The van der Waals surface area contributed by atoms with Crippen molar-refractivity contribution in [2.75, 3.05) is 11.9 Å². The van der Waals surface area contributed by atoms with Crippen LogP contribution in [-0.4, -0.2) is 23.8 Å². The fraction of sp³-hybridized carbons (Fsp3) is 0.300. The number of Topliss-reactive ketones (excluding diaryl/α,β-unsaturated/α-hetero) is 1. The Kier molecular flexibility index (Phi) is 4.43. The van der Waals surface area contributed by atoms with Crippen LogP contribution in [0.5, 0.6) is 0 Å². The molecule has 1 atom stereocenters. The number of halogens is 1. The van der Waals surface area contributed by atoms with E-state index in [1.165, 1.54) is 4.90 Å². The van der Waals surface area contributed by atoms with Crippen molar-refractivity contribution >= 4 is 29.0 Å². The summed E-state index contributed by atoms with van der Waals surface area (Å²) in [6, 6.07) is 12.2. The van der Waals surface area contributed by atoms with Gasteiger partial charge in [0.15, 0.2) is 11.4 Å². The van der Waals surface area contributed by atoms with E-state index >= 15 is 0 Å². The van der Waals surface area contributed by atoms with Crippen LogP contribution in [0.3, 0.4) is 0 Å². The van der Waals surface area contributed by atoms with E-state index in [1.807, 2.05) is 12.1 Å². The Morgan fingerprint density at radius 2 is 1.84 bits per heavy atom. The molecule has 0 bridgehead atoms. The summed E-state index contributed by atoms with van der Waals surface area (Å²) < 4.78 is 0. The molecule has 0 saturated heterocycles. The fourth-order valence-electron chi connectivity index (χ4n) is 3.19. The molecule has 2 aromatic rings. The first-order valence-corrected chi connectivity index (χ1v) is 8.55. The summed E-state index contributed by atoms with van der Waals surface area (Å²) in [6.07, 6.45) is -0.315. The number of ketones is 1. The molecule has 0 saturated carbocycles. The number of nitrogens with zero attached hydrogens (tertiary/aromatic N) is 1. The van der Waals surface area contributed by atoms with Gasteiger partial charge in [0.2, 0.25) is 0 Å². The van der Waals surface area contributed by atoms with Crippen LogP contribution in [0.2, 0.25) is 5.02 Å². The van der Waals surface area contributed by atoms with E-state index in [2.05, 4.69) is 13.8 Å². The Morgan fingerprint density at radius 3 is 2.44 bits per heavy atom. The van der Waals surface area contributed by atoms with Gasteiger partial charge in [-0.05, 0) is 29.7 Å². The second kappa shape index (κ2) is 6.28. The van der Waals surface area contributed by atoms with E-state index in [-0.39, 0.29) is 12.2 Å². The average Bonchev–Trinajstić information content (AvgIpc) is 2.76. The molecule has 0 aliphatic carbocycles. The van der Waals surface area contributed by atoms with Crippen molar-refractivity contribution in [1.29, 1.82) is 0 Å². The van der Waals surface area contributed by atoms with E-state index in [1.54, 1.807) is 37.4 Å². The Balaban J connectivity index is 1.93. The van der Waals surface area contributed by atoms with Crippen LogP contribution in [0.15, 0.2) is 42.5 Å². The predicted octanol–water partition coefficient (Wildman–Crippen LogP) is 3.90. The van der Waals surface area contributed by atoms with Gasteiger partial charge in [0.05, 0.1) is 12.1 Å². The second-order valence-electron chi connectivity index (χ2n) is 6.76. The number of anilines is 1. The Labute approximate surface area is 152 Å². The molecule has 0 radical (unpaired) electrons. The summed E-state index contributed by atoms with van der Waals surface area (Å²) in [4.78, 5) is 26.6. The maximum absolute atomic E-state index is 12.7. The van der Waals surface area contributed by atoms with Gasteiger partial charge in [-0.15, -0.1) is 0 Å². The molecule has 5 heteroatoms. The smallest absolute Gasteiger partial charge is 0.263 e. The van der Waals surface area contributed by atoms with Crippen LogP contribution < -0.4 is 4.90 Å². The first kappa shape index (κ1) is 17.6. The zero-order valence-corrected chi connectivity index (χ0v) is 15.2. The molecule has 0 aromatic heterocycles. The minimum Gasteiger partial charge on any atom is -0.375 e. The topological polar surface area (TPSA) is 57.6 Å². The lowest BCUT2D eigenvalue weighted by Gasteiger charge is -2.21. The lowest BCUT2D eigenvalue weighted by atomic mass is 9.87. The molecule has 1 heterocycles. The fourth-order valence-corrected chi connectivity index (χ4v) is 3.37. The Morgan fingerprint density at radius 1 is 1.20 bits per heavy atom. The highest BCUT2D eigenvalue weighted by molar-refractivity contribution is 6.31. The van der Waals surface area contributed by atoms with E-state index < -0.39 is 11.5 Å². The van der Waals surface area contributed by atoms with Crippen LogP contribution in [-0.2, 0) is 10.4 Å². The number of likely N-dealkylation sites (N-methyl/N-ethyl adjacent to an activating group) is 1. The Hall–Kier alpha value is -2.17. The number of carbonyl (C=O) groups is 2. The van der Waals surface area contributed by atoms with Crippen molar-refractivity contribution in [1.82, 2.24) is 0 Å². The van der Waals surface area contributed by atoms with Crippen molar-refractivity contribution in [3.05, 3.63) is 64.2 Å². The third-order valence-electron chi connectivity index (χ3n) is 4.74. The lowest BCUT2D eigenvalue weighted by molar-refractivity contribution is -0.135. The van der Waals surface area contributed by atoms with E-state index in [0.717, 1.165) is 5.56 Å². The highest BCUT2D eigenvalue weighted by Crippen LogP contribution is 2.43. The zero-order valence-electron chi connectivity index (χ0n) is 14.4. The first-order valence-electron chi connectivity index (χ1n) is 8.18. The van der Waals surface area contributed by atoms with Crippen molar-refractivity contribution in [2.45, 2.75) is 31.8 Å². The van der Waals surface area contributed by atoms with Crippen LogP contribution >= 0.6 is 11.6 Å². The predicted molar refractivity (Wildman–Crippen MR) is 98.2 cm³/mol. The summed E-state index contributed by atoms with van der Waals surface area (Å²) in [5, 5.41) is 11.4. The molecule has 2 aromatic carbocycles. The molecular formula is C20H20ClNO3. The van der Waals surface area contributed by atoms with Crippen LogP contribution in [0.4, 0.5) is 5.69 Å². The van der Waals surface area contributed by atoms with Gasteiger partial charge in [0.1, 0.15) is 0 Å². The molecule has 4 nitrogen and oxygen atoms in total. The summed E-state index contributed by atoms with van der Waals surface area (Å²) in [5.41, 5.74) is 0.662. The molecule has 0 spiro atoms. The zero-order chi connectivity index (χ0) is 18.4. The minimum atomic E-state index is -1.89. The molecule has 1 N–H and O–H groups in total. The van der Waals surface area contributed by atoms with Gasteiger partial charge in [-0.1, -0.05) is 49.7 Å². The highest BCUT2D eigenvalue weighted by atomic mass is 35.5. The molecule has 0 fully saturated rings. The van der Waals surface area contributed by atoms with Crippen molar-refractivity contribution < 1.29 is 14.7 Å². The number of carbonyl (C=O) groups excluding carboxylic acids is 2. The quantitative estimate of drug-likeness (QED) is 0.844. The van der Waals surface area contributed by atoms with Crippen LogP contribution in [0, 0.1) is 0 Å². The number of amides is 1. The molecular weight excluding hydrogens is 338 g/mol. The SMILES string of the molecule is CC(C)c1ccc(C(=O)C[C@]2(O)C(=O)N(C)c3ccc(Cl)cc32)cc1. The average molecular weight is 358 g/mol. The van der Waals surface area contributed by atoms with E-state index in [4.69, 9.17) is 11.6 Å². The maximum atomic E-state index is 12.7. The number of rotatable bonds is 4. The number of fused-ring (bicyclic) bond motifs is 1. The number of aliphatic hydroxyl groups is 1. The molecule has 1 amide bonds. The number of hydrogen-bond donors (Lipinski definition) is 1. The van der Waals surface area contributed by atoms with Gasteiger partial charge >= 0.3 is 0 Å². The molecule has 1 aliphatic rings. The first-order chi connectivity index (χ1) is 11.7. The highest BCUT2D eigenvalue weighted by Gasteiger charge is 2.49. The van der Waals surface area contributed by atoms with Crippen LogP contribution in [0.25, 0.3) is 0 Å². The van der Waals surface area contributed by atoms with E-state index in [9.17, 15) is 14.7 Å². The number of hydrogen-bond acceptors (Lipinski definition) is 3. The van der Waals surface area contributed by atoms with Gasteiger partial charge in [0, 0.05) is 23.2 Å². The summed E-state index contributed by atoms with van der Waals surface area (Å²) >= 11 is 6.02. The standard InChI is InChI=1S/C20H20ClNO3/c1-12(2)13-4-6-14(7-5-13)18(23)11-20(25)16-10-15(21)8-9-17(16)22(3)19(20)24/h4-10,12,25H,11H2,1-3H3/t20-/m1/s1. The maximum Gasteiger partial charge on any atom is 0.263 e. The Bertz CT molecular complexity index is 845. The van der Waals surface area contributed by atoms with E-state index in [0.29, 0.717) is 27.8 Å². The molecule has 25 heavy (non-hydrogen) atoms. The summed E-state index contributed by atoms with van der Waals surface area (Å²) in [6.45, 7) is 4.15. The largest absolute Gasteiger partial charge is 0.375 e. The van der Waals surface area contributed by atoms with Gasteiger partial charge in [-0.3, -0.25) is 9.59 Å². The summed E-state index contributed by atoms with van der Waals surface area (Å²) in [5.74, 6) is -0.434. The van der Waals surface area contributed by atoms with Gasteiger partial charge in [-0.2, -0.15) is 0 Å². The molecule has 0 unspecified atom stereocenters. The minimum absolute atomic E-state index is 0.285. The second-order valence-corrected chi connectivity index (χ2v) is 7.20. The van der Waals surface area contributed by atoms with Gasteiger partial charge in [0.25, 0.3) is 5.91 Å². The lowest BCUT2D eigenvalue weighted by Crippen LogP contribution is -2.40.